The fraction of sp³-hybridized carbons (Fsp3) is 1.00. The van der Waals surface area contributed by atoms with E-state index < -0.39 is 0 Å². The zero-order valence-electron chi connectivity index (χ0n) is 12.7. The third kappa shape index (κ3) is 2.89. The molecule has 18 heavy (non-hydrogen) atoms. The largest absolute Gasteiger partial charge is 0.383 e. The van der Waals surface area contributed by atoms with E-state index in [4.69, 9.17) is 4.74 Å². The average molecular weight is 254 g/mol. The first kappa shape index (κ1) is 14.3. The molecule has 2 fully saturated rings. The van der Waals surface area contributed by atoms with Crippen LogP contribution in [-0.2, 0) is 4.74 Å². The average Bonchev–Trinajstić information content (AvgIpc) is 3.12. The van der Waals surface area contributed by atoms with Gasteiger partial charge in [0.15, 0.2) is 0 Å². The molecule has 0 aromatic rings. The van der Waals surface area contributed by atoms with E-state index in [0.717, 1.165) is 19.1 Å². The van der Waals surface area contributed by atoms with Crippen molar-refractivity contribution in [1.82, 2.24) is 10.2 Å². The summed E-state index contributed by atoms with van der Waals surface area (Å²) in [6.07, 6.45) is 2.81. The molecule has 1 heterocycles. The maximum absolute atomic E-state index is 5.37. The number of hydrogen-bond acceptors (Lipinski definition) is 3. The quantitative estimate of drug-likeness (QED) is 0.813. The van der Waals surface area contributed by atoms with Crippen molar-refractivity contribution in [1.29, 1.82) is 0 Å². The summed E-state index contributed by atoms with van der Waals surface area (Å²) in [6, 6.07) is 1.16. The summed E-state index contributed by atoms with van der Waals surface area (Å²) in [5, 5.41) is 3.83. The molecule has 0 aromatic carbocycles. The molecule has 3 nitrogen and oxygen atoms in total. The van der Waals surface area contributed by atoms with Crippen LogP contribution in [-0.4, -0.2) is 49.3 Å². The zero-order chi connectivity index (χ0) is 13.3. The van der Waals surface area contributed by atoms with E-state index in [-0.39, 0.29) is 0 Å². The lowest BCUT2D eigenvalue weighted by Crippen LogP contribution is -2.67. The molecule has 1 N–H and O–H groups in total. The molecule has 0 aromatic heterocycles. The second kappa shape index (κ2) is 5.48. The van der Waals surface area contributed by atoms with Gasteiger partial charge in [-0.25, -0.2) is 0 Å². The van der Waals surface area contributed by atoms with Crippen molar-refractivity contribution >= 4 is 0 Å². The Kier molecular flexibility index (Phi) is 4.35. The maximum Gasteiger partial charge on any atom is 0.0615 e. The fourth-order valence-electron chi connectivity index (χ4n) is 3.44. The minimum Gasteiger partial charge on any atom is -0.383 e. The summed E-state index contributed by atoms with van der Waals surface area (Å²) in [6.45, 7) is 12.5. The van der Waals surface area contributed by atoms with Gasteiger partial charge in [0.1, 0.15) is 0 Å². The standard InChI is InChI=1S/C15H30N2O/c1-11(2)14-8-16-15(4,13-6-7-13)10-17(14)12(3)9-18-5/h11-14,16H,6-10H2,1-5H3. The number of nitrogens with one attached hydrogen (secondary N) is 1. The van der Waals surface area contributed by atoms with Crippen molar-refractivity contribution in [2.24, 2.45) is 11.8 Å². The molecule has 0 amide bonds. The van der Waals surface area contributed by atoms with Crippen LogP contribution in [0.5, 0.6) is 0 Å². The van der Waals surface area contributed by atoms with Crippen LogP contribution < -0.4 is 5.32 Å². The van der Waals surface area contributed by atoms with Crippen LogP contribution in [0.25, 0.3) is 0 Å². The van der Waals surface area contributed by atoms with E-state index in [1.54, 1.807) is 0 Å². The lowest BCUT2D eigenvalue weighted by Gasteiger charge is -2.50. The fourth-order valence-corrected chi connectivity index (χ4v) is 3.44. The topological polar surface area (TPSA) is 24.5 Å². The summed E-state index contributed by atoms with van der Waals surface area (Å²) in [5.41, 5.74) is 0.327. The Morgan fingerprint density at radius 1 is 1.33 bits per heavy atom. The van der Waals surface area contributed by atoms with E-state index in [2.05, 4.69) is 37.9 Å². The third-order valence-corrected chi connectivity index (χ3v) is 4.87. The minimum atomic E-state index is 0.327. The molecule has 1 saturated carbocycles. The van der Waals surface area contributed by atoms with Crippen molar-refractivity contribution in [3.05, 3.63) is 0 Å². The van der Waals surface area contributed by atoms with Gasteiger partial charge in [-0.1, -0.05) is 13.8 Å². The second-order valence-electron chi connectivity index (χ2n) is 6.86. The number of ether oxygens (including phenoxy) is 1. The van der Waals surface area contributed by atoms with Crippen LogP contribution in [0.2, 0.25) is 0 Å². The van der Waals surface area contributed by atoms with E-state index in [9.17, 15) is 0 Å². The number of piperazine rings is 1. The van der Waals surface area contributed by atoms with Gasteiger partial charge >= 0.3 is 0 Å². The van der Waals surface area contributed by atoms with Crippen molar-refractivity contribution in [3.8, 4) is 0 Å². The van der Waals surface area contributed by atoms with Crippen LogP contribution in [0.3, 0.4) is 0 Å². The molecule has 1 saturated heterocycles. The first-order chi connectivity index (χ1) is 8.48. The Bertz CT molecular complexity index is 278. The molecule has 3 heteroatoms. The molecule has 0 bridgehead atoms. The van der Waals surface area contributed by atoms with Crippen LogP contribution >= 0.6 is 0 Å². The molecule has 1 aliphatic heterocycles. The smallest absolute Gasteiger partial charge is 0.0615 e. The Morgan fingerprint density at radius 2 is 2.00 bits per heavy atom. The summed E-state index contributed by atoms with van der Waals surface area (Å²) in [4.78, 5) is 2.68. The molecule has 106 valence electrons. The number of rotatable bonds is 5. The van der Waals surface area contributed by atoms with Gasteiger partial charge in [0.05, 0.1) is 6.61 Å². The van der Waals surface area contributed by atoms with Crippen molar-refractivity contribution in [2.75, 3.05) is 26.8 Å². The minimum absolute atomic E-state index is 0.327. The predicted octanol–water partition coefficient (Wildman–Crippen LogP) is 2.12. The molecule has 0 spiro atoms. The van der Waals surface area contributed by atoms with Gasteiger partial charge in [0, 0.05) is 37.8 Å². The highest BCUT2D eigenvalue weighted by Crippen LogP contribution is 2.42. The molecule has 1 aliphatic carbocycles. The summed E-state index contributed by atoms with van der Waals surface area (Å²) >= 11 is 0. The first-order valence-electron chi connectivity index (χ1n) is 7.47. The van der Waals surface area contributed by atoms with Gasteiger partial charge in [-0.3, -0.25) is 4.90 Å². The van der Waals surface area contributed by atoms with Gasteiger partial charge in [-0.05, 0) is 38.5 Å². The Hall–Kier alpha value is -0.120. The van der Waals surface area contributed by atoms with Crippen LogP contribution in [0.4, 0.5) is 0 Å². The third-order valence-electron chi connectivity index (χ3n) is 4.87. The van der Waals surface area contributed by atoms with E-state index >= 15 is 0 Å². The number of nitrogens with zero attached hydrogens (tertiary/aromatic N) is 1. The van der Waals surface area contributed by atoms with Crippen molar-refractivity contribution in [2.45, 2.75) is 58.2 Å². The maximum atomic E-state index is 5.37. The lowest BCUT2D eigenvalue weighted by atomic mass is 9.87. The van der Waals surface area contributed by atoms with Gasteiger partial charge in [-0.2, -0.15) is 0 Å². The van der Waals surface area contributed by atoms with E-state index in [1.165, 1.54) is 19.4 Å². The van der Waals surface area contributed by atoms with Gasteiger partial charge < -0.3 is 10.1 Å². The number of hydrogen-bond donors (Lipinski definition) is 1. The Balaban J connectivity index is 2.07. The summed E-state index contributed by atoms with van der Waals surface area (Å²) in [5.74, 6) is 1.59. The molecule has 3 atom stereocenters. The molecule has 2 rings (SSSR count). The molecular formula is C15H30N2O. The normalized spacial score (nSPS) is 36.0. The highest BCUT2D eigenvalue weighted by Gasteiger charge is 2.47. The highest BCUT2D eigenvalue weighted by atomic mass is 16.5. The van der Waals surface area contributed by atoms with Crippen molar-refractivity contribution < 1.29 is 4.74 Å². The van der Waals surface area contributed by atoms with E-state index in [0.29, 0.717) is 23.5 Å². The van der Waals surface area contributed by atoms with E-state index in [1.807, 2.05) is 7.11 Å². The Morgan fingerprint density at radius 3 is 2.50 bits per heavy atom. The first-order valence-corrected chi connectivity index (χ1v) is 7.47. The van der Waals surface area contributed by atoms with Gasteiger partial charge in [-0.15, -0.1) is 0 Å². The van der Waals surface area contributed by atoms with Crippen LogP contribution in [0.1, 0.15) is 40.5 Å². The molecule has 2 aliphatic rings. The lowest BCUT2D eigenvalue weighted by molar-refractivity contribution is -0.00274. The highest BCUT2D eigenvalue weighted by molar-refractivity contribution is 5.05. The monoisotopic (exact) mass is 254 g/mol. The SMILES string of the molecule is COCC(C)N1CC(C)(C2CC2)NCC1C(C)C. The van der Waals surface area contributed by atoms with Crippen LogP contribution in [0, 0.1) is 11.8 Å². The Labute approximate surface area is 112 Å². The van der Waals surface area contributed by atoms with Gasteiger partial charge in [0.25, 0.3) is 0 Å². The second-order valence-corrected chi connectivity index (χ2v) is 6.86. The van der Waals surface area contributed by atoms with Crippen LogP contribution in [0.15, 0.2) is 0 Å². The zero-order valence-corrected chi connectivity index (χ0v) is 12.7. The summed E-state index contributed by atoms with van der Waals surface area (Å²) in [7, 11) is 1.81. The van der Waals surface area contributed by atoms with Gasteiger partial charge in [0.2, 0.25) is 0 Å². The predicted molar refractivity (Wildman–Crippen MR) is 75.8 cm³/mol. The summed E-state index contributed by atoms with van der Waals surface area (Å²) < 4.78 is 5.37. The number of methoxy groups -OCH3 is 1. The molecule has 0 radical (unpaired) electrons. The molecular weight excluding hydrogens is 224 g/mol. The molecule has 3 unspecified atom stereocenters. The van der Waals surface area contributed by atoms with Crippen molar-refractivity contribution in [3.63, 3.8) is 0 Å².